The number of nitrogens with one attached hydrogen (secondary N) is 2. The second-order valence-corrected chi connectivity index (χ2v) is 6.28. The van der Waals surface area contributed by atoms with Crippen LogP contribution in [0.25, 0.3) is 0 Å². The molecule has 6 heteroatoms. The molecule has 0 aromatic heterocycles. The van der Waals surface area contributed by atoms with Gasteiger partial charge in [-0.1, -0.05) is 6.07 Å². The van der Waals surface area contributed by atoms with E-state index in [9.17, 15) is 14.9 Å². The number of hydrogen-bond acceptors (Lipinski definition) is 4. The quantitative estimate of drug-likeness (QED) is 0.453. The highest BCUT2D eigenvalue weighted by Crippen LogP contribution is 2.14. The van der Waals surface area contributed by atoms with E-state index < -0.39 is 5.91 Å². The lowest BCUT2D eigenvalue weighted by molar-refractivity contribution is -0.127. The molecule has 1 aromatic carbocycles. The first-order chi connectivity index (χ1) is 12.0. The molecule has 0 aliphatic carbocycles. The summed E-state index contributed by atoms with van der Waals surface area (Å²) in [6.45, 7) is 5.86. The molecule has 25 heavy (non-hydrogen) atoms. The zero-order valence-electron chi connectivity index (χ0n) is 14.8. The van der Waals surface area contributed by atoms with Crippen LogP contribution < -0.4 is 10.6 Å². The molecule has 1 aliphatic rings. The molecule has 6 nitrogen and oxygen atoms in total. The van der Waals surface area contributed by atoms with E-state index in [1.165, 1.54) is 6.20 Å². The number of likely N-dealkylation sites (tertiary alicyclic amines) is 1. The number of nitriles is 1. The van der Waals surface area contributed by atoms with Gasteiger partial charge in [-0.2, -0.15) is 5.26 Å². The third kappa shape index (κ3) is 5.64. The fourth-order valence-corrected chi connectivity index (χ4v) is 2.87. The molecule has 1 aliphatic heterocycles. The summed E-state index contributed by atoms with van der Waals surface area (Å²) in [7, 11) is 0. The summed E-state index contributed by atoms with van der Waals surface area (Å²) in [4.78, 5) is 25.4. The van der Waals surface area contributed by atoms with Gasteiger partial charge in [0, 0.05) is 37.9 Å². The van der Waals surface area contributed by atoms with Crippen LogP contribution in [0.2, 0.25) is 0 Å². The van der Waals surface area contributed by atoms with Crippen molar-refractivity contribution in [3.63, 3.8) is 0 Å². The minimum absolute atomic E-state index is 0.0245. The zero-order chi connectivity index (χ0) is 18.2. The van der Waals surface area contributed by atoms with Gasteiger partial charge in [0.05, 0.1) is 0 Å². The van der Waals surface area contributed by atoms with Crippen molar-refractivity contribution < 1.29 is 9.59 Å². The molecule has 2 N–H and O–H groups in total. The van der Waals surface area contributed by atoms with Crippen LogP contribution in [0.4, 0.5) is 5.69 Å². The summed E-state index contributed by atoms with van der Waals surface area (Å²) in [5.41, 5.74) is 3.08. The number of carbonyl (C=O) groups is 2. The number of rotatable bonds is 7. The number of amides is 2. The first-order valence-electron chi connectivity index (χ1n) is 8.50. The van der Waals surface area contributed by atoms with Crippen molar-refractivity contribution in [2.75, 3.05) is 25.0 Å². The van der Waals surface area contributed by atoms with Gasteiger partial charge < -0.3 is 15.5 Å². The number of nitrogens with zero attached hydrogens (tertiary/aromatic N) is 2. The normalized spacial score (nSPS) is 14.4. The number of anilines is 1. The van der Waals surface area contributed by atoms with E-state index in [1.807, 2.05) is 36.9 Å². The first-order valence-corrected chi connectivity index (χ1v) is 8.50. The van der Waals surface area contributed by atoms with Gasteiger partial charge in [-0.25, -0.2) is 0 Å². The standard InChI is InChI=1S/C19H24N4O2/c1-14-9-15(2)11-17(10-14)22-13-16(12-20)19(25)21-6-4-8-23-7-3-5-18(23)24/h9-11,13,22H,3-8H2,1-2H3,(H,21,25)/b16-13-. The van der Waals surface area contributed by atoms with Crippen LogP contribution in [0.5, 0.6) is 0 Å². The molecule has 0 unspecified atom stereocenters. The van der Waals surface area contributed by atoms with Crippen LogP contribution in [-0.4, -0.2) is 36.3 Å². The molecular formula is C19H24N4O2. The Kier molecular flexibility index (Phi) is 6.58. The average molecular weight is 340 g/mol. The van der Waals surface area contributed by atoms with Gasteiger partial charge in [0.1, 0.15) is 11.6 Å². The average Bonchev–Trinajstić information content (AvgIpc) is 2.96. The van der Waals surface area contributed by atoms with Crippen molar-refractivity contribution in [1.29, 1.82) is 5.26 Å². The van der Waals surface area contributed by atoms with E-state index in [0.29, 0.717) is 25.9 Å². The summed E-state index contributed by atoms with van der Waals surface area (Å²) >= 11 is 0. The van der Waals surface area contributed by atoms with Crippen molar-refractivity contribution >= 4 is 17.5 Å². The number of hydrogen-bond donors (Lipinski definition) is 2. The summed E-state index contributed by atoms with van der Waals surface area (Å²) in [5.74, 6) is -0.228. The number of benzene rings is 1. The third-order valence-electron chi connectivity index (χ3n) is 4.03. The Hall–Kier alpha value is -2.81. The Balaban J connectivity index is 1.81. The predicted molar refractivity (Wildman–Crippen MR) is 96.7 cm³/mol. The van der Waals surface area contributed by atoms with E-state index in [1.54, 1.807) is 0 Å². The Morgan fingerprint density at radius 2 is 2.04 bits per heavy atom. The monoisotopic (exact) mass is 340 g/mol. The van der Waals surface area contributed by atoms with Crippen LogP contribution in [0.1, 0.15) is 30.4 Å². The van der Waals surface area contributed by atoms with Gasteiger partial charge in [-0.3, -0.25) is 9.59 Å². The van der Waals surface area contributed by atoms with Crippen LogP contribution in [0.3, 0.4) is 0 Å². The van der Waals surface area contributed by atoms with Gasteiger partial charge in [-0.05, 0) is 49.9 Å². The summed E-state index contributed by atoms with van der Waals surface area (Å²) in [5, 5.41) is 14.9. The third-order valence-corrected chi connectivity index (χ3v) is 4.03. The van der Waals surface area contributed by atoms with E-state index in [4.69, 9.17) is 0 Å². The highest BCUT2D eigenvalue weighted by Gasteiger charge is 2.19. The first kappa shape index (κ1) is 18.5. The van der Waals surface area contributed by atoms with E-state index in [0.717, 1.165) is 29.8 Å². The lowest BCUT2D eigenvalue weighted by Gasteiger charge is -2.15. The molecule has 0 spiro atoms. The number of aryl methyl sites for hydroxylation is 2. The minimum Gasteiger partial charge on any atom is -0.360 e. The molecule has 1 fully saturated rings. The van der Waals surface area contributed by atoms with Crippen molar-refractivity contribution in [3.8, 4) is 6.07 Å². The molecule has 2 rings (SSSR count). The fraction of sp³-hybridized carbons (Fsp3) is 0.421. The van der Waals surface area contributed by atoms with Crippen LogP contribution in [0, 0.1) is 25.2 Å². The van der Waals surface area contributed by atoms with Gasteiger partial charge >= 0.3 is 0 Å². The molecule has 0 bridgehead atoms. The van der Waals surface area contributed by atoms with E-state index >= 15 is 0 Å². The SMILES string of the molecule is Cc1cc(C)cc(N/C=C(/C#N)C(=O)NCCCN2CCCC2=O)c1. The largest absolute Gasteiger partial charge is 0.360 e. The molecular weight excluding hydrogens is 316 g/mol. The second-order valence-electron chi connectivity index (χ2n) is 6.28. The molecule has 0 radical (unpaired) electrons. The molecule has 132 valence electrons. The predicted octanol–water partition coefficient (Wildman–Crippen LogP) is 2.25. The van der Waals surface area contributed by atoms with E-state index in [2.05, 4.69) is 16.7 Å². The summed E-state index contributed by atoms with van der Waals surface area (Å²) in [6, 6.07) is 7.86. The summed E-state index contributed by atoms with van der Waals surface area (Å²) < 4.78 is 0. The smallest absolute Gasteiger partial charge is 0.263 e. The van der Waals surface area contributed by atoms with Crippen LogP contribution in [0.15, 0.2) is 30.0 Å². The topological polar surface area (TPSA) is 85.2 Å². The Morgan fingerprint density at radius 3 is 2.64 bits per heavy atom. The molecule has 1 heterocycles. The highest BCUT2D eigenvalue weighted by atomic mass is 16.2. The second kappa shape index (κ2) is 8.88. The van der Waals surface area contributed by atoms with Crippen molar-refractivity contribution in [2.45, 2.75) is 33.1 Å². The van der Waals surface area contributed by atoms with Crippen molar-refractivity contribution in [3.05, 3.63) is 41.1 Å². The van der Waals surface area contributed by atoms with Gasteiger partial charge in [0.25, 0.3) is 5.91 Å². The Morgan fingerprint density at radius 1 is 1.32 bits per heavy atom. The highest BCUT2D eigenvalue weighted by molar-refractivity contribution is 5.97. The molecule has 2 amide bonds. The summed E-state index contributed by atoms with van der Waals surface area (Å²) in [6.07, 6.45) is 3.64. The lowest BCUT2D eigenvalue weighted by Crippen LogP contribution is -2.31. The molecule has 1 aromatic rings. The fourth-order valence-electron chi connectivity index (χ4n) is 2.87. The maximum absolute atomic E-state index is 12.1. The molecule has 1 saturated heterocycles. The van der Waals surface area contributed by atoms with E-state index in [-0.39, 0.29) is 11.5 Å². The number of carbonyl (C=O) groups excluding carboxylic acids is 2. The van der Waals surface area contributed by atoms with Gasteiger partial charge in [-0.15, -0.1) is 0 Å². The molecule has 0 saturated carbocycles. The zero-order valence-corrected chi connectivity index (χ0v) is 14.8. The maximum atomic E-state index is 12.1. The Bertz CT molecular complexity index is 698. The lowest BCUT2D eigenvalue weighted by atomic mass is 10.1. The maximum Gasteiger partial charge on any atom is 0.263 e. The van der Waals surface area contributed by atoms with Crippen molar-refractivity contribution in [1.82, 2.24) is 10.2 Å². The van der Waals surface area contributed by atoms with Crippen LogP contribution in [-0.2, 0) is 9.59 Å². The molecule has 0 atom stereocenters. The van der Waals surface area contributed by atoms with Crippen molar-refractivity contribution in [2.24, 2.45) is 0 Å². The minimum atomic E-state index is -0.410. The van der Waals surface area contributed by atoms with Gasteiger partial charge in [0.2, 0.25) is 5.91 Å². The van der Waals surface area contributed by atoms with Gasteiger partial charge in [0.15, 0.2) is 0 Å². The van der Waals surface area contributed by atoms with Crippen LogP contribution >= 0.6 is 0 Å². The Labute approximate surface area is 148 Å².